The predicted octanol–water partition coefficient (Wildman–Crippen LogP) is 1.21. The van der Waals surface area contributed by atoms with E-state index < -0.39 is 9.90 Å². The van der Waals surface area contributed by atoms with Crippen molar-refractivity contribution in [1.29, 1.82) is 0 Å². The first-order valence-electron chi connectivity index (χ1n) is 2.24. The zero-order valence-corrected chi connectivity index (χ0v) is 9.17. The van der Waals surface area contributed by atoms with Gasteiger partial charge in [0.05, 0.1) is 0 Å². The average molecular weight is 206 g/mol. The molecular formula is C4H7Cl3OSi. The monoisotopic (exact) mass is 204 g/mol. The van der Waals surface area contributed by atoms with Crippen LogP contribution in [-0.2, 0) is 4.43 Å². The van der Waals surface area contributed by atoms with E-state index in [0.29, 0.717) is 10.5 Å². The molecule has 1 nitrogen and oxygen atoms in total. The minimum atomic E-state index is -1.30. The molecular weight excluding hydrogens is 198 g/mol. The summed E-state index contributed by atoms with van der Waals surface area (Å²) < 4.78 is 3.46. The van der Waals surface area contributed by atoms with E-state index in [9.17, 15) is 0 Å². The molecule has 0 amide bonds. The van der Waals surface area contributed by atoms with E-state index in [-0.39, 0.29) is 0 Å². The minimum absolute atomic E-state index is 0.454. The molecule has 0 aliphatic rings. The van der Waals surface area contributed by atoms with Crippen LogP contribution in [0.25, 0.3) is 0 Å². The minimum Gasteiger partial charge on any atom is -0.397 e. The van der Waals surface area contributed by atoms with Crippen LogP contribution in [0.2, 0.25) is 0 Å². The highest BCUT2D eigenvalue weighted by atomic mass is 35.5. The van der Waals surface area contributed by atoms with E-state index in [4.69, 9.17) is 39.2 Å². The van der Waals surface area contributed by atoms with Gasteiger partial charge in [0, 0.05) is 0 Å². The maximum atomic E-state index is 5.57. The molecule has 1 unspecified atom stereocenters. The normalized spacial score (nSPS) is 15.4. The largest absolute Gasteiger partial charge is 0.397 e. The SMILES string of the molecule is C=CC(Cl)C(Cl)(Cl)O[SiH3]. The molecule has 0 N–H and O–H groups in total. The van der Waals surface area contributed by atoms with Gasteiger partial charge in [-0.1, -0.05) is 29.3 Å². The Morgan fingerprint density at radius 3 is 2.22 bits per heavy atom. The molecule has 0 bridgehead atoms. The molecule has 0 aromatic rings. The summed E-state index contributed by atoms with van der Waals surface area (Å²) in [6, 6.07) is 0. The lowest BCUT2D eigenvalue weighted by atomic mass is 10.4. The van der Waals surface area contributed by atoms with Crippen molar-refractivity contribution in [1.82, 2.24) is 0 Å². The second kappa shape index (κ2) is 3.83. The quantitative estimate of drug-likeness (QED) is 0.382. The molecule has 0 radical (unpaired) electrons. The van der Waals surface area contributed by atoms with Gasteiger partial charge in [-0.3, -0.25) is 0 Å². The molecule has 9 heavy (non-hydrogen) atoms. The van der Waals surface area contributed by atoms with Crippen LogP contribution in [0.1, 0.15) is 0 Å². The van der Waals surface area contributed by atoms with Gasteiger partial charge < -0.3 is 4.43 Å². The second-order valence-corrected chi connectivity index (χ2v) is 3.60. The van der Waals surface area contributed by atoms with Crippen LogP contribution in [0.15, 0.2) is 12.7 Å². The van der Waals surface area contributed by atoms with Crippen LogP contribution in [0, 0.1) is 0 Å². The van der Waals surface area contributed by atoms with Gasteiger partial charge in [0.2, 0.25) is 4.52 Å². The predicted molar refractivity (Wildman–Crippen MR) is 45.3 cm³/mol. The zero-order chi connectivity index (χ0) is 7.49. The molecule has 0 saturated heterocycles. The summed E-state index contributed by atoms with van der Waals surface area (Å²) >= 11 is 16.7. The maximum absolute atomic E-state index is 5.57. The van der Waals surface area contributed by atoms with Crippen molar-refractivity contribution in [2.45, 2.75) is 9.90 Å². The first-order chi connectivity index (χ1) is 4.04. The van der Waals surface area contributed by atoms with Crippen molar-refractivity contribution < 1.29 is 4.43 Å². The van der Waals surface area contributed by atoms with Gasteiger partial charge in [-0.15, -0.1) is 18.2 Å². The van der Waals surface area contributed by atoms with Gasteiger partial charge in [-0.05, 0) is 0 Å². The highest BCUT2D eigenvalue weighted by molar-refractivity contribution is 6.52. The first kappa shape index (κ1) is 9.79. The van der Waals surface area contributed by atoms with E-state index in [1.54, 1.807) is 0 Å². The molecule has 1 atom stereocenters. The van der Waals surface area contributed by atoms with Crippen LogP contribution < -0.4 is 0 Å². The van der Waals surface area contributed by atoms with Crippen LogP contribution in [0.5, 0.6) is 0 Å². The Morgan fingerprint density at radius 1 is 1.67 bits per heavy atom. The smallest absolute Gasteiger partial charge is 0.227 e. The third kappa shape index (κ3) is 2.91. The standard InChI is InChI=1S/C4H7Cl3OSi/c1-2-3(5)4(6,7)8-9/h2-3H,1H2,9H3. The number of halogens is 3. The van der Waals surface area contributed by atoms with Gasteiger partial charge in [0.25, 0.3) is 0 Å². The van der Waals surface area contributed by atoms with Gasteiger partial charge in [0.1, 0.15) is 15.9 Å². The fourth-order valence-electron chi connectivity index (χ4n) is 0.250. The molecule has 0 aliphatic heterocycles. The summed E-state index contributed by atoms with van der Waals surface area (Å²) in [5, 5.41) is -0.557. The van der Waals surface area contributed by atoms with E-state index in [0.717, 1.165) is 0 Å². The maximum Gasteiger partial charge on any atom is 0.227 e. The third-order valence-corrected chi connectivity index (χ3v) is 3.45. The molecule has 0 rings (SSSR count). The Morgan fingerprint density at radius 2 is 2.11 bits per heavy atom. The molecule has 54 valence electrons. The van der Waals surface area contributed by atoms with Crippen LogP contribution in [-0.4, -0.2) is 20.4 Å². The van der Waals surface area contributed by atoms with Gasteiger partial charge >= 0.3 is 0 Å². The molecule has 5 heteroatoms. The van der Waals surface area contributed by atoms with Crippen molar-refractivity contribution in [3.05, 3.63) is 12.7 Å². The molecule has 0 fully saturated rings. The van der Waals surface area contributed by atoms with Gasteiger partial charge in [-0.25, -0.2) is 0 Å². The van der Waals surface area contributed by atoms with E-state index in [1.165, 1.54) is 6.08 Å². The summed E-state index contributed by atoms with van der Waals surface area (Å²) in [6.45, 7) is 3.41. The lowest BCUT2D eigenvalue weighted by Crippen LogP contribution is -2.27. The van der Waals surface area contributed by atoms with Crippen molar-refractivity contribution in [3.8, 4) is 0 Å². The second-order valence-electron chi connectivity index (χ2n) is 1.40. The molecule has 0 aromatic heterocycles. The lowest BCUT2D eigenvalue weighted by Gasteiger charge is -2.20. The highest BCUT2D eigenvalue weighted by Gasteiger charge is 2.30. The fourth-order valence-corrected chi connectivity index (χ4v) is 0.920. The van der Waals surface area contributed by atoms with E-state index in [1.807, 2.05) is 0 Å². The third-order valence-electron chi connectivity index (χ3n) is 0.800. The summed E-state index contributed by atoms with van der Waals surface area (Å²) in [7, 11) is 0.454. The number of alkyl halides is 3. The van der Waals surface area contributed by atoms with Crippen molar-refractivity contribution in [2.24, 2.45) is 0 Å². The van der Waals surface area contributed by atoms with Gasteiger partial charge in [0.15, 0.2) is 0 Å². The molecule has 0 spiro atoms. The highest BCUT2D eigenvalue weighted by Crippen LogP contribution is 2.29. The van der Waals surface area contributed by atoms with Crippen molar-refractivity contribution in [2.75, 3.05) is 0 Å². The molecule has 0 aromatic carbocycles. The van der Waals surface area contributed by atoms with Crippen molar-refractivity contribution in [3.63, 3.8) is 0 Å². The number of hydrogen-bond donors (Lipinski definition) is 0. The van der Waals surface area contributed by atoms with Crippen LogP contribution >= 0.6 is 34.8 Å². The lowest BCUT2D eigenvalue weighted by molar-refractivity contribution is 0.274. The van der Waals surface area contributed by atoms with E-state index in [2.05, 4.69) is 6.58 Å². The molecule has 0 aliphatic carbocycles. The number of hydrogen-bond acceptors (Lipinski definition) is 1. The summed E-state index contributed by atoms with van der Waals surface area (Å²) in [5.41, 5.74) is 0. The van der Waals surface area contributed by atoms with Crippen LogP contribution in [0.3, 0.4) is 0 Å². The van der Waals surface area contributed by atoms with Crippen molar-refractivity contribution >= 4 is 45.3 Å². The zero-order valence-electron chi connectivity index (χ0n) is 4.90. The number of rotatable bonds is 3. The fraction of sp³-hybridized carbons (Fsp3) is 0.500. The Balaban J connectivity index is 3.95. The Hall–Kier alpha value is 0.787. The first-order valence-corrected chi connectivity index (χ1v) is 4.25. The topological polar surface area (TPSA) is 9.23 Å². The Kier molecular flexibility index (Phi) is 4.17. The van der Waals surface area contributed by atoms with Crippen LogP contribution in [0.4, 0.5) is 0 Å². The Labute approximate surface area is 72.5 Å². The summed E-state index contributed by atoms with van der Waals surface area (Å²) in [4.78, 5) is 0. The summed E-state index contributed by atoms with van der Waals surface area (Å²) in [6.07, 6.45) is 1.43. The van der Waals surface area contributed by atoms with E-state index >= 15 is 0 Å². The molecule has 0 saturated carbocycles. The van der Waals surface area contributed by atoms with Gasteiger partial charge in [-0.2, -0.15) is 0 Å². The Bertz CT molecular complexity index is 106. The average Bonchev–Trinajstić information content (AvgIpc) is 1.86. The summed E-state index contributed by atoms with van der Waals surface area (Å²) in [5.74, 6) is 0. The molecule has 0 heterocycles.